The minimum atomic E-state index is -0.349. The number of carbonyl (C=O) groups excluding carboxylic acids is 1. The second-order valence-corrected chi connectivity index (χ2v) is 8.32. The van der Waals surface area contributed by atoms with Crippen LogP contribution in [0.3, 0.4) is 0 Å². The van der Waals surface area contributed by atoms with E-state index in [1.165, 1.54) is 5.57 Å². The predicted octanol–water partition coefficient (Wildman–Crippen LogP) is 5.29. The fourth-order valence-electron chi connectivity index (χ4n) is 4.79. The Morgan fingerprint density at radius 2 is 1.74 bits per heavy atom. The maximum atomic E-state index is 13.6. The van der Waals surface area contributed by atoms with Gasteiger partial charge in [-0.15, -0.1) is 0 Å². The maximum absolute atomic E-state index is 13.6. The molecule has 1 amide bonds. The molecule has 0 spiro atoms. The molecule has 3 unspecified atom stereocenters. The first kappa shape index (κ1) is 19.7. The molecule has 2 heterocycles. The summed E-state index contributed by atoms with van der Waals surface area (Å²) in [5.74, 6) is 0.918. The third-order valence-electron chi connectivity index (χ3n) is 6.32. The molecule has 3 aliphatic rings. The van der Waals surface area contributed by atoms with Crippen LogP contribution in [0.2, 0.25) is 0 Å². The van der Waals surface area contributed by atoms with Crippen LogP contribution in [0.25, 0.3) is 0 Å². The highest BCUT2D eigenvalue weighted by atomic mass is 16.2. The summed E-state index contributed by atoms with van der Waals surface area (Å²) in [6.45, 7) is 2.12. The minimum absolute atomic E-state index is 0.0844. The number of allylic oxidation sites excluding steroid dienone is 3. The molecule has 31 heavy (non-hydrogen) atoms. The zero-order valence-electron chi connectivity index (χ0n) is 17.8. The molecule has 0 aromatic heterocycles. The Kier molecular flexibility index (Phi) is 5.37. The van der Waals surface area contributed by atoms with Crippen molar-refractivity contribution in [3.63, 3.8) is 0 Å². The molecule has 2 aliphatic heterocycles. The molecule has 0 fully saturated rings. The highest BCUT2D eigenvalue weighted by Gasteiger charge is 2.46. The molecule has 4 nitrogen and oxygen atoms in total. The number of nitrogens with zero attached hydrogens (tertiary/aromatic N) is 3. The SMILES string of the molecule is CCC1C(c2ccccc2)=NC(c2ccccc2)C2=NC(CC3=CC=CCC3)C(=O)N21. The summed E-state index contributed by atoms with van der Waals surface area (Å²) in [5.41, 5.74) is 4.43. The molecule has 0 saturated heterocycles. The summed E-state index contributed by atoms with van der Waals surface area (Å²) >= 11 is 0. The topological polar surface area (TPSA) is 45.0 Å². The van der Waals surface area contributed by atoms with Crippen LogP contribution in [-0.4, -0.2) is 34.4 Å². The van der Waals surface area contributed by atoms with Gasteiger partial charge in [-0.25, -0.2) is 0 Å². The van der Waals surface area contributed by atoms with Crippen molar-refractivity contribution < 1.29 is 4.79 Å². The van der Waals surface area contributed by atoms with Crippen LogP contribution in [0.5, 0.6) is 0 Å². The number of carbonyl (C=O) groups is 1. The van der Waals surface area contributed by atoms with E-state index in [0.717, 1.165) is 41.9 Å². The van der Waals surface area contributed by atoms with Gasteiger partial charge in [0.2, 0.25) is 0 Å². The molecular formula is C27H27N3O. The van der Waals surface area contributed by atoms with Gasteiger partial charge in [0.15, 0.2) is 0 Å². The summed E-state index contributed by atoms with van der Waals surface area (Å²) in [5, 5.41) is 0. The third-order valence-corrected chi connectivity index (χ3v) is 6.32. The third kappa shape index (κ3) is 3.67. The number of amidine groups is 1. The number of fused-ring (bicyclic) bond motifs is 1. The molecule has 4 heteroatoms. The smallest absolute Gasteiger partial charge is 0.253 e. The first-order valence-electron chi connectivity index (χ1n) is 11.2. The van der Waals surface area contributed by atoms with Crippen molar-refractivity contribution in [1.82, 2.24) is 4.90 Å². The van der Waals surface area contributed by atoms with E-state index < -0.39 is 0 Å². The first-order chi connectivity index (χ1) is 15.3. The normalized spacial score (nSPS) is 25.1. The van der Waals surface area contributed by atoms with Crippen molar-refractivity contribution in [1.29, 1.82) is 0 Å². The van der Waals surface area contributed by atoms with E-state index in [1.54, 1.807) is 0 Å². The summed E-state index contributed by atoms with van der Waals surface area (Å²) in [4.78, 5) is 25.8. The predicted molar refractivity (Wildman–Crippen MR) is 125 cm³/mol. The Bertz CT molecular complexity index is 1080. The Hall–Kier alpha value is -3.27. The van der Waals surface area contributed by atoms with E-state index >= 15 is 0 Å². The lowest BCUT2D eigenvalue weighted by Gasteiger charge is -2.37. The van der Waals surface area contributed by atoms with Crippen molar-refractivity contribution >= 4 is 17.5 Å². The average molecular weight is 410 g/mol. The lowest BCUT2D eigenvalue weighted by atomic mass is 9.93. The molecule has 0 bridgehead atoms. The molecule has 1 aliphatic carbocycles. The quantitative estimate of drug-likeness (QED) is 0.662. The zero-order valence-corrected chi connectivity index (χ0v) is 17.8. The van der Waals surface area contributed by atoms with E-state index in [0.29, 0.717) is 6.42 Å². The van der Waals surface area contributed by atoms with Gasteiger partial charge in [0, 0.05) is 6.42 Å². The van der Waals surface area contributed by atoms with Crippen LogP contribution in [0, 0.1) is 0 Å². The van der Waals surface area contributed by atoms with Crippen molar-refractivity contribution in [2.45, 2.75) is 50.7 Å². The number of benzene rings is 2. The highest BCUT2D eigenvalue weighted by Crippen LogP contribution is 2.36. The van der Waals surface area contributed by atoms with E-state index in [-0.39, 0.29) is 24.0 Å². The molecule has 0 saturated carbocycles. The Morgan fingerprint density at radius 1 is 1.00 bits per heavy atom. The molecule has 3 atom stereocenters. The zero-order chi connectivity index (χ0) is 21.2. The lowest BCUT2D eigenvalue weighted by molar-refractivity contribution is -0.128. The Balaban J connectivity index is 1.58. The summed E-state index contributed by atoms with van der Waals surface area (Å²) in [7, 11) is 0. The number of hydrogen-bond acceptors (Lipinski definition) is 3. The van der Waals surface area contributed by atoms with Crippen LogP contribution < -0.4 is 0 Å². The van der Waals surface area contributed by atoms with Crippen LogP contribution >= 0.6 is 0 Å². The van der Waals surface area contributed by atoms with Gasteiger partial charge in [-0.2, -0.15) is 0 Å². The Morgan fingerprint density at radius 3 is 2.42 bits per heavy atom. The maximum Gasteiger partial charge on any atom is 0.253 e. The van der Waals surface area contributed by atoms with E-state index in [4.69, 9.17) is 9.98 Å². The van der Waals surface area contributed by atoms with Crippen LogP contribution in [-0.2, 0) is 4.79 Å². The van der Waals surface area contributed by atoms with Gasteiger partial charge in [0.05, 0.1) is 11.8 Å². The van der Waals surface area contributed by atoms with Gasteiger partial charge in [0.25, 0.3) is 5.91 Å². The molecular weight excluding hydrogens is 382 g/mol. The van der Waals surface area contributed by atoms with Crippen molar-refractivity contribution in [2.24, 2.45) is 9.98 Å². The van der Waals surface area contributed by atoms with E-state index in [2.05, 4.69) is 49.4 Å². The number of hydrogen-bond donors (Lipinski definition) is 0. The molecule has 156 valence electrons. The Labute approximate surface area is 183 Å². The second-order valence-electron chi connectivity index (χ2n) is 8.32. The van der Waals surface area contributed by atoms with Crippen LogP contribution in [0.1, 0.15) is 49.8 Å². The molecule has 2 aromatic carbocycles. The van der Waals surface area contributed by atoms with Crippen LogP contribution in [0.15, 0.2) is 94.4 Å². The highest BCUT2D eigenvalue weighted by molar-refractivity contribution is 6.18. The average Bonchev–Trinajstić information content (AvgIpc) is 3.15. The first-order valence-corrected chi connectivity index (χ1v) is 11.2. The summed E-state index contributed by atoms with van der Waals surface area (Å²) < 4.78 is 0. The van der Waals surface area contributed by atoms with E-state index in [9.17, 15) is 4.79 Å². The van der Waals surface area contributed by atoms with Gasteiger partial charge in [0.1, 0.15) is 17.9 Å². The van der Waals surface area contributed by atoms with Crippen LogP contribution in [0.4, 0.5) is 0 Å². The largest absolute Gasteiger partial charge is 0.287 e. The van der Waals surface area contributed by atoms with Gasteiger partial charge in [-0.05, 0) is 30.4 Å². The minimum Gasteiger partial charge on any atom is -0.287 e. The standard InChI is InChI=1S/C27H27N3O/c1-2-23-24(20-14-8-4-9-15-20)29-25(21-16-10-5-11-17-21)26-28-22(27(31)30(23)26)18-19-12-6-3-7-13-19/h3-6,8-12,14-17,22-23,25H,2,7,13,18H2,1H3. The fourth-order valence-corrected chi connectivity index (χ4v) is 4.79. The molecule has 2 aromatic rings. The van der Waals surface area contributed by atoms with Gasteiger partial charge in [-0.3, -0.25) is 19.7 Å². The van der Waals surface area contributed by atoms with E-state index in [1.807, 2.05) is 41.3 Å². The van der Waals surface area contributed by atoms with Crippen molar-refractivity contribution in [3.8, 4) is 0 Å². The summed E-state index contributed by atoms with van der Waals surface area (Å²) in [6, 6.07) is 19.8. The van der Waals surface area contributed by atoms with Gasteiger partial charge >= 0.3 is 0 Å². The number of aliphatic imine (C=N–C) groups is 2. The fraction of sp³-hybridized carbons (Fsp3) is 0.296. The lowest BCUT2D eigenvalue weighted by Crippen LogP contribution is -2.52. The van der Waals surface area contributed by atoms with Crippen molar-refractivity contribution in [3.05, 3.63) is 95.6 Å². The number of rotatable bonds is 5. The summed E-state index contributed by atoms with van der Waals surface area (Å²) in [6.07, 6.45) is 9.96. The molecule has 0 N–H and O–H groups in total. The second kappa shape index (κ2) is 8.46. The monoisotopic (exact) mass is 409 g/mol. The number of amides is 1. The van der Waals surface area contributed by atoms with Gasteiger partial charge < -0.3 is 0 Å². The molecule has 0 radical (unpaired) electrons. The van der Waals surface area contributed by atoms with Gasteiger partial charge in [-0.1, -0.05) is 91.4 Å². The molecule has 5 rings (SSSR count). The van der Waals surface area contributed by atoms with Crippen molar-refractivity contribution in [2.75, 3.05) is 0 Å².